The molecule has 0 saturated carbocycles. The van der Waals surface area contributed by atoms with Gasteiger partial charge in [0.25, 0.3) is 5.91 Å². The van der Waals surface area contributed by atoms with Crippen molar-refractivity contribution >= 4 is 11.6 Å². The van der Waals surface area contributed by atoms with Gasteiger partial charge >= 0.3 is 0 Å². The van der Waals surface area contributed by atoms with Crippen LogP contribution in [-0.2, 0) is 6.42 Å². The number of nitrogens with one attached hydrogen (secondary N) is 1. The van der Waals surface area contributed by atoms with E-state index >= 15 is 0 Å². The number of benzene rings is 2. The Morgan fingerprint density at radius 1 is 1.14 bits per heavy atom. The second-order valence-corrected chi connectivity index (χ2v) is 5.49. The molecule has 1 amide bonds. The minimum Gasteiger partial charge on any atom is -0.369 e. The van der Waals surface area contributed by atoms with Crippen LogP contribution in [0.2, 0.25) is 0 Å². The summed E-state index contributed by atoms with van der Waals surface area (Å²) in [6, 6.07) is 16.2. The number of aryl methyl sites for hydroxylation is 1. The first-order valence-corrected chi connectivity index (χ1v) is 7.42. The van der Waals surface area contributed by atoms with Crippen molar-refractivity contribution in [1.82, 2.24) is 5.32 Å². The summed E-state index contributed by atoms with van der Waals surface area (Å²) in [7, 11) is 0. The molecule has 3 rings (SSSR count). The van der Waals surface area contributed by atoms with Crippen LogP contribution in [0, 0.1) is 6.92 Å². The van der Waals surface area contributed by atoms with Crippen LogP contribution < -0.4 is 10.2 Å². The predicted molar refractivity (Wildman–Crippen MR) is 85.9 cm³/mol. The normalized spacial score (nSPS) is 13.1. The average Bonchev–Trinajstić information content (AvgIpc) is 2.91. The van der Waals surface area contributed by atoms with Crippen molar-refractivity contribution in [1.29, 1.82) is 0 Å². The summed E-state index contributed by atoms with van der Waals surface area (Å²) in [6.07, 6.45) is 1.10. The fraction of sp³-hybridized carbons (Fsp3) is 0.278. The van der Waals surface area contributed by atoms with E-state index in [0.717, 1.165) is 25.1 Å². The molecular formula is C18H20N2O. The second-order valence-electron chi connectivity index (χ2n) is 5.49. The Labute approximate surface area is 125 Å². The van der Waals surface area contributed by atoms with E-state index < -0.39 is 0 Å². The fourth-order valence-electron chi connectivity index (χ4n) is 2.75. The van der Waals surface area contributed by atoms with Gasteiger partial charge in [0.2, 0.25) is 0 Å². The molecule has 0 unspecified atom stereocenters. The van der Waals surface area contributed by atoms with Crippen molar-refractivity contribution in [3.05, 3.63) is 65.2 Å². The monoisotopic (exact) mass is 280 g/mol. The maximum absolute atomic E-state index is 12.0. The van der Waals surface area contributed by atoms with Crippen molar-refractivity contribution in [2.45, 2.75) is 13.3 Å². The van der Waals surface area contributed by atoms with E-state index in [1.807, 2.05) is 31.2 Å². The third kappa shape index (κ3) is 3.07. The Balaban J connectivity index is 1.53. The van der Waals surface area contributed by atoms with Crippen molar-refractivity contribution < 1.29 is 4.79 Å². The van der Waals surface area contributed by atoms with Crippen molar-refractivity contribution in [3.8, 4) is 0 Å². The SMILES string of the molecule is Cc1ccc(C(=O)NCCN2CCc3ccccc32)cc1. The van der Waals surface area contributed by atoms with E-state index in [4.69, 9.17) is 0 Å². The first-order chi connectivity index (χ1) is 10.2. The molecule has 3 heteroatoms. The van der Waals surface area contributed by atoms with Crippen LogP contribution in [0.4, 0.5) is 5.69 Å². The van der Waals surface area contributed by atoms with Crippen LogP contribution in [0.3, 0.4) is 0 Å². The Morgan fingerprint density at radius 2 is 1.90 bits per heavy atom. The molecule has 21 heavy (non-hydrogen) atoms. The molecule has 2 aromatic carbocycles. The number of hydrogen-bond acceptors (Lipinski definition) is 2. The van der Waals surface area contributed by atoms with Gasteiger partial charge < -0.3 is 10.2 Å². The summed E-state index contributed by atoms with van der Waals surface area (Å²) >= 11 is 0. The smallest absolute Gasteiger partial charge is 0.251 e. The van der Waals surface area contributed by atoms with E-state index in [2.05, 4.69) is 34.5 Å². The molecule has 1 heterocycles. The Morgan fingerprint density at radius 3 is 2.71 bits per heavy atom. The lowest BCUT2D eigenvalue weighted by Crippen LogP contribution is -2.34. The van der Waals surface area contributed by atoms with Crippen LogP contribution in [0.5, 0.6) is 0 Å². The number of fused-ring (bicyclic) bond motifs is 1. The van der Waals surface area contributed by atoms with E-state index in [1.165, 1.54) is 16.8 Å². The molecule has 0 spiro atoms. The number of carbonyl (C=O) groups is 1. The molecule has 0 aromatic heterocycles. The van der Waals surface area contributed by atoms with E-state index in [0.29, 0.717) is 6.54 Å². The van der Waals surface area contributed by atoms with Gasteiger partial charge in [0.05, 0.1) is 0 Å². The summed E-state index contributed by atoms with van der Waals surface area (Å²) in [5.41, 5.74) is 4.60. The van der Waals surface area contributed by atoms with Crippen LogP contribution in [-0.4, -0.2) is 25.5 Å². The van der Waals surface area contributed by atoms with Crippen LogP contribution in [0.25, 0.3) is 0 Å². The lowest BCUT2D eigenvalue weighted by atomic mass is 10.1. The molecule has 0 aliphatic carbocycles. The quantitative estimate of drug-likeness (QED) is 0.934. The summed E-state index contributed by atoms with van der Waals surface area (Å²) in [5, 5.41) is 3.00. The molecule has 0 bridgehead atoms. The first kappa shape index (κ1) is 13.7. The Hall–Kier alpha value is -2.29. The summed E-state index contributed by atoms with van der Waals surface area (Å²) in [4.78, 5) is 14.4. The summed E-state index contributed by atoms with van der Waals surface area (Å²) in [6.45, 7) is 4.59. The number of hydrogen-bond donors (Lipinski definition) is 1. The van der Waals surface area contributed by atoms with Gasteiger partial charge in [0.1, 0.15) is 0 Å². The minimum atomic E-state index is 0.00230. The van der Waals surface area contributed by atoms with E-state index in [-0.39, 0.29) is 5.91 Å². The topological polar surface area (TPSA) is 32.3 Å². The van der Waals surface area contributed by atoms with Gasteiger partial charge in [-0.3, -0.25) is 4.79 Å². The zero-order valence-electron chi connectivity index (χ0n) is 12.3. The van der Waals surface area contributed by atoms with E-state index in [1.54, 1.807) is 0 Å². The number of para-hydroxylation sites is 1. The van der Waals surface area contributed by atoms with Gasteiger partial charge in [-0.25, -0.2) is 0 Å². The van der Waals surface area contributed by atoms with Gasteiger partial charge in [-0.05, 0) is 37.1 Å². The van der Waals surface area contributed by atoms with E-state index in [9.17, 15) is 4.79 Å². The maximum Gasteiger partial charge on any atom is 0.251 e. The standard InChI is InChI=1S/C18H20N2O/c1-14-6-8-16(9-7-14)18(21)19-11-13-20-12-10-15-4-2-3-5-17(15)20/h2-9H,10-13H2,1H3,(H,19,21). The summed E-state index contributed by atoms with van der Waals surface area (Å²) in [5.74, 6) is 0.00230. The third-order valence-electron chi connectivity index (χ3n) is 3.96. The Bertz CT molecular complexity index is 634. The Kier molecular flexibility index (Phi) is 3.91. The number of nitrogens with zero attached hydrogens (tertiary/aromatic N) is 1. The molecule has 1 aliphatic rings. The number of amides is 1. The molecular weight excluding hydrogens is 260 g/mol. The van der Waals surface area contributed by atoms with Crippen LogP contribution in [0.1, 0.15) is 21.5 Å². The predicted octanol–water partition coefficient (Wildman–Crippen LogP) is 2.79. The maximum atomic E-state index is 12.0. The van der Waals surface area contributed by atoms with Gasteiger partial charge in [-0.2, -0.15) is 0 Å². The number of carbonyl (C=O) groups excluding carboxylic acids is 1. The largest absolute Gasteiger partial charge is 0.369 e. The molecule has 108 valence electrons. The molecule has 0 fully saturated rings. The van der Waals surface area contributed by atoms with Crippen molar-refractivity contribution in [3.63, 3.8) is 0 Å². The highest BCUT2D eigenvalue weighted by Gasteiger charge is 2.17. The summed E-state index contributed by atoms with van der Waals surface area (Å²) < 4.78 is 0. The third-order valence-corrected chi connectivity index (χ3v) is 3.96. The molecule has 1 N–H and O–H groups in total. The second kappa shape index (κ2) is 6.00. The highest BCUT2D eigenvalue weighted by Crippen LogP contribution is 2.26. The molecule has 0 atom stereocenters. The molecule has 2 aromatic rings. The van der Waals surface area contributed by atoms with Crippen LogP contribution >= 0.6 is 0 Å². The zero-order chi connectivity index (χ0) is 14.7. The fourth-order valence-corrected chi connectivity index (χ4v) is 2.75. The molecule has 3 nitrogen and oxygen atoms in total. The highest BCUT2D eigenvalue weighted by atomic mass is 16.1. The van der Waals surface area contributed by atoms with Crippen molar-refractivity contribution in [2.75, 3.05) is 24.5 Å². The van der Waals surface area contributed by atoms with Gasteiger partial charge in [-0.15, -0.1) is 0 Å². The van der Waals surface area contributed by atoms with Crippen molar-refractivity contribution in [2.24, 2.45) is 0 Å². The highest BCUT2D eigenvalue weighted by molar-refractivity contribution is 5.94. The molecule has 1 aliphatic heterocycles. The van der Waals surface area contributed by atoms with Gasteiger partial charge in [-0.1, -0.05) is 35.9 Å². The number of rotatable bonds is 4. The van der Waals surface area contributed by atoms with Gasteiger partial charge in [0, 0.05) is 30.9 Å². The molecule has 0 saturated heterocycles. The molecule has 0 radical (unpaired) electrons. The van der Waals surface area contributed by atoms with Gasteiger partial charge in [0.15, 0.2) is 0 Å². The number of anilines is 1. The zero-order valence-corrected chi connectivity index (χ0v) is 12.3. The average molecular weight is 280 g/mol. The first-order valence-electron chi connectivity index (χ1n) is 7.42. The van der Waals surface area contributed by atoms with Crippen LogP contribution in [0.15, 0.2) is 48.5 Å². The lowest BCUT2D eigenvalue weighted by molar-refractivity contribution is 0.0954. The minimum absolute atomic E-state index is 0.00230. The lowest BCUT2D eigenvalue weighted by Gasteiger charge is -2.19.